The minimum atomic E-state index is 0.0518. The molecule has 1 fully saturated rings. The topological polar surface area (TPSA) is 46.1 Å². The maximum Gasteiger partial charge on any atom is 0.256 e. The van der Waals surface area contributed by atoms with Gasteiger partial charge >= 0.3 is 0 Å². The number of carbonyl (C=O) groups excluding carboxylic acids is 1. The third-order valence-corrected chi connectivity index (χ3v) is 4.28. The Hall–Kier alpha value is -1.68. The highest BCUT2D eigenvalue weighted by Crippen LogP contribution is 2.24. The van der Waals surface area contributed by atoms with Crippen molar-refractivity contribution in [1.29, 1.82) is 0 Å². The molecule has 4 nitrogen and oxygen atoms in total. The van der Waals surface area contributed by atoms with E-state index in [-0.39, 0.29) is 11.9 Å². The van der Waals surface area contributed by atoms with E-state index in [1.54, 1.807) is 12.4 Å². The van der Waals surface area contributed by atoms with Gasteiger partial charge in [0.25, 0.3) is 5.91 Å². The summed E-state index contributed by atoms with van der Waals surface area (Å²) in [5, 5.41) is 0. The van der Waals surface area contributed by atoms with Crippen LogP contribution < -0.4 is 0 Å². The zero-order valence-corrected chi connectivity index (χ0v) is 12.6. The summed E-state index contributed by atoms with van der Waals surface area (Å²) in [5.41, 5.74) is 2.08. The second kappa shape index (κ2) is 6.39. The molecule has 1 saturated heterocycles. The van der Waals surface area contributed by atoms with Crippen LogP contribution in [0.3, 0.4) is 0 Å². The fraction of sp³-hybridized carbons (Fsp3) is 0.438. The van der Waals surface area contributed by atoms with E-state index in [4.69, 9.17) is 11.6 Å². The van der Waals surface area contributed by atoms with Gasteiger partial charge in [-0.2, -0.15) is 0 Å². The number of likely N-dealkylation sites (tertiary alicyclic amines) is 1. The maximum absolute atomic E-state index is 12.9. The first-order valence-corrected chi connectivity index (χ1v) is 7.91. The Balaban J connectivity index is 1.95. The second-order valence-corrected chi connectivity index (χ2v) is 5.73. The van der Waals surface area contributed by atoms with Crippen LogP contribution in [0, 0.1) is 0 Å². The van der Waals surface area contributed by atoms with E-state index >= 15 is 0 Å². The molecule has 1 aromatic heterocycles. The monoisotopic (exact) mass is 303 g/mol. The fourth-order valence-electron chi connectivity index (χ4n) is 3.01. The molecule has 2 heterocycles. The lowest BCUT2D eigenvalue weighted by molar-refractivity contribution is 0.0611. The molecule has 0 spiro atoms. The molecule has 1 atom stereocenters. The minimum Gasteiger partial charge on any atom is -0.336 e. The Labute approximate surface area is 129 Å². The van der Waals surface area contributed by atoms with Crippen LogP contribution in [0.25, 0.3) is 11.0 Å². The van der Waals surface area contributed by atoms with E-state index in [0.29, 0.717) is 17.0 Å². The number of nitrogens with zero attached hydrogens (tertiary/aromatic N) is 3. The van der Waals surface area contributed by atoms with Crippen LogP contribution in [0.4, 0.5) is 0 Å². The number of fused-ring (bicyclic) bond motifs is 1. The number of piperidine rings is 1. The summed E-state index contributed by atoms with van der Waals surface area (Å²) in [7, 11) is 0. The lowest BCUT2D eigenvalue weighted by Gasteiger charge is -2.35. The predicted octanol–water partition coefficient (Wildman–Crippen LogP) is 3.25. The molecule has 0 saturated carbocycles. The molecule has 110 valence electrons. The van der Waals surface area contributed by atoms with E-state index in [0.717, 1.165) is 31.3 Å². The summed E-state index contributed by atoms with van der Waals surface area (Å²) in [6, 6.07) is 5.83. The van der Waals surface area contributed by atoms with Crippen molar-refractivity contribution in [3.05, 3.63) is 36.2 Å². The van der Waals surface area contributed by atoms with Crippen LogP contribution in [-0.2, 0) is 0 Å². The summed E-state index contributed by atoms with van der Waals surface area (Å²) in [6.45, 7) is 0.803. The van der Waals surface area contributed by atoms with Crippen LogP contribution in [0.5, 0.6) is 0 Å². The minimum absolute atomic E-state index is 0.0518. The van der Waals surface area contributed by atoms with Crippen molar-refractivity contribution < 1.29 is 4.79 Å². The van der Waals surface area contributed by atoms with Gasteiger partial charge in [0, 0.05) is 30.9 Å². The fourth-order valence-corrected chi connectivity index (χ4v) is 3.27. The maximum atomic E-state index is 12.9. The number of rotatable bonds is 3. The van der Waals surface area contributed by atoms with Crippen molar-refractivity contribution in [2.45, 2.75) is 31.7 Å². The zero-order chi connectivity index (χ0) is 14.7. The lowest BCUT2D eigenvalue weighted by atomic mass is 9.98. The Morgan fingerprint density at radius 2 is 2.14 bits per heavy atom. The molecule has 0 bridgehead atoms. The van der Waals surface area contributed by atoms with Crippen LogP contribution in [0.2, 0.25) is 0 Å². The SMILES string of the molecule is O=C(c1cccc2nccnc12)N1CCCCC1CCCl. The molecule has 1 aliphatic rings. The molecule has 1 unspecified atom stereocenters. The molecule has 0 radical (unpaired) electrons. The molecule has 0 N–H and O–H groups in total. The number of carbonyl (C=O) groups is 1. The van der Waals surface area contributed by atoms with E-state index < -0.39 is 0 Å². The van der Waals surface area contributed by atoms with Gasteiger partial charge in [0.2, 0.25) is 0 Å². The van der Waals surface area contributed by atoms with E-state index in [9.17, 15) is 4.79 Å². The molecule has 1 amide bonds. The van der Waals surface area contributed by atoms with Gasteiger partial charge in [0.05, 0.1) is 11.1 Å². The van der Waals surface area contributed by atoms with Crippen LogP contribution in [-0.4, -0.2) is 39.2 Å². The van der Waals surface area contributed by atoms with Gasteiger partial charge in [0.1, 0.15) is 5.52 Å². The number of amides is 1. The van der Waals surface area contributed by atoms with Gasteiger partial charge in [-0.25, -0.2) is 0 Å². The largest absolute Gasteiger partial charge is 0.336 e. The molecule has 2 aromatic rings. The number of aromatic nitrogens is 2. The first kappa shape index (κ1) is 14.3. The average Bonchev–Trinajstić information content (AvgIpc) is 2.54. The molecule has 1 aliphatic heterocycles. The molecule has 5 heteroatoms. The molecule has 0 aliphatic carbocycles. The first-order chi connectivity index (χ1) is 10.3. The normalized spacial score (nSPS) is 18.9. The van der Waals surface area contributed by atoms with Crippen molar-refractivity contribution in [2.75, 3.05) is 12.4 Å². The number of hydrogen-bond acceptors (Lipinski definition) is 3. The van der Waals surface area contributed by atoms with Crippen molar-refractivity contribution in [1.82, 2.24) is 14.9 Å². The van der Waals surface area contributed by atoms with Gasteiger partial charge < -0.3 is 4.90 Å². The summed E-state index contributed by atoms with van der Waals surface area (Å²) in [5.74, 6) is 0.639. The lowest BCUT2D eigenvalue weighted by Crippen LogP contribution is -2.44. The summed E-state index contributed by atoms with van der Waals surface area (Å²) < 4.78 is 0. The van der Waals surface area contributed by atoms with E-state index in [1.807, 2.05) is 23.1 Å². The van der Waals surface area contributed by atoms with Crippen molar-refractivity contribution in [3.63, 3.8) is 0 Å². The predicted molar refractivity (Wildman–Crippen MR) is 83.6 cm³/mol. The van der Waals surface area contributed by atoms with E-state index in [1.165, 1.54) is 6.42 Å². The van der Waals surface area contributed by atoms with Crippen LogP contribution in [0.1, 0.15) is 36.0 Å². The van der Waals surface area contributed by atoms with Crippen molar-refractivity contribution in [2.24, 2.45) is 0 Å². The summed E-state index contributed by atoms with van der Waals surface area (Å²) in [4.78, 5) is 23.5. The zero-order valence-electron chi connectivity index (χ0n) is 11.8. The summed E-state index contributed by atoms with van der Waals surface area (Å²) in [6.07, 6.45) is 7.39. The van der Waals surface area contributed by atoms with Gasteiger partial charge in [-0.15, -0.1) is 11.6 Å². The quantitative estimate of drug-likeness (QED) is 0.818. The van der Waals surface area contributed by atoms with E-state index in [2.05, 4.69) is 9.97 Å². The van der Waals surface area contributed by atoms with Crippen molar-refractivity contribution in [3.8, 4) is 0 Å². The third kappa shape index (κ3) is 2.86. The summed E-state index contributed by atoms with van der Waals surface area (Å²) >= 11 is 5.89. The number of alkyl halides is 1. The third-order valence-electron chi connectivity index (χ3n) is 4.06. The molecule has 1 aromatic carbocycles. The highest BCUT2D eigenvalue weighted by molar-refractivity contribution is 6.17. The Bertz CT molecular complexity index is 639. The van der Waals surface area contributed by atoms with Gasteiger partial charge in [0.15, 0.2) is 0 Å². The van der Waals surface area contributed by atoms with Crippen LogP contribution >= 0.6 is 11.6 Å². The highest BCUT2D eigenvalue weighted by Gasteiger charge is 2.28. The number of para-hydroxylation sites is 1. The average molecular weight is 304 g/mol. The molecule has 21 heavy (non-hydrogen) atoms. The Kier molecular flexibility index (Phi) is 4.34. The smallest absolute Gasteiger partial charge is 0.256 e. The number of halogens is 1. The Morgan fingerprint density at radius 1 is 1.29 bits per heavy atom. The molecular formula is C16H18ClN3O. The first-order valence-electron chi connectivity index (χ1n) is 7.38. The van der Waals surface area contributed by atoms with Gasteiger partial charge in [-0.1, -0.05) is 6.07 Å². The standard InChI is InChI=1S/C16H18ClN3O/c17-8-7-12-4-1-2-11-20(12)16(21)13-5-3-6-14-15(13)19-10-9-18-14/h3,5-6,9-10,12H,1-2,4,7-8,11H2. The van der Waals surface area contributed by atoms with Gasteiger partial charge in [-0.3, -0.25) is 14.8 Å². The van der Waals surface area contributed by atoms with Crippen LogP contribution in [0.15, 0.2) is 30.6 Å². The number of benzene rings is 1. The number of hydrogen-bond donors (Lipinski definition) is 0. The van der Waals surface area contributed by atoms with Gasteiger partial charge in [-0.05, 0) is 37.8 Å². The molecular weight excluding hydrogens is 286 g/mol. The molecule has 3 rings (SSSR count). The highest BCUT2D eigenvalue weighted by atomic mass is 35.5. The van der Waals surface area contributed by atoms with Crippen molar-refractivity contribution >= 4 is 28.5 Å². The second-order valence-electron chi connectivity index (χ2n) is 5.36. The Morgan fingerprint density at radius 3 is 3.00 bits per heavy atom.